The first-order chi connectivity index (χ1) is 9.06. The summed E-state index contributed by atoms with van der Waals surface area (Å²) in [6.45, 7) is 0. The minimum Gasteiger partial charge on any atom is -0.294 e. The fraction of sp³-hybridized carbons (Fsp3) is 0.182. The summed E-state index contributed by atoms with van der Waals surface area (Å²) in [6.07, 6.45) is 1.36. The molecular weight excluding hydrogens is 250 g/mol. The number of anilines is 1. The quantitative estimate of drug-likeness (QED) is 0.650. The molecule has 0 spiro atoms. The second-order valence-electron chi connectivity index (χ2n) is 3.86. The highest BCUT2D eigenvalue weighted by Gasteiger charge is 2.10. The minimum atomic E-state index is -0.496. The Labute approximate surface area is 108 Å². The fourth-order valence-corrected chi connectivity index (χ4v) is 1.54. The van der Waals surface area contributed by atoms with Gasteiger partial charge in [0.15, 0.2) is 0 Å². The monoisotopic (exact) mass is 261 g/mol. The van der Waals surface area contributed by atoms with Crippen molar-refractivity contribution in [2.45, 2.75) is 6.42 Å². The minimum absolute atomic E-state index is 0.0362. The lowest BCUT2D eigenvalue weighted by molar-refractivity contribution is -0.384. The summed E-state index contributed by atoms with van der Waals surface area (Å²) in [5.74, 6) is 0.0204. The van der Waals surface area contributed by atoms with Crippen LogP contribution in [0.4, 0.5) is 11.6 Å². The number of aryl methyl sites for hydroxylation is 1. The van der Waals surface area contributed by atoms with Crippen LogP contribution in [0.25, 0.3) is 0 Å². The SMILES string of the molecule is Cn1ncnc1NC(=O)Cc1cccc([N+](=O)[O-])c1. The van der Waals surface area contributed by atoms with Crippen LogP contribution in [0.1, 0.15) is 5.56 Å². The van der Waals surface area contributed by atoms with Crippen molar-refractivity contribution >= 4 is 17.5 Å². The number of carbonyl (C=O) groups is 1. The summed E-state index contributed by atoms with van der Waals surface area (Å²) in [4.78, 5) is 25.7. The number of amides is 1. The molecule has 8 nitrogen and oxygen atoms in total. The van der Waals surface area contributed by atoms with Gasteiger partial charge in [-0.1, -0.05) is 12.1 Å². The lowest BCUT2D eigenvalue weighted by atomic mass is 10.1. The number of nitrogens with zero attached hydrogens (tertiary/aromatic N) is 4. The summed E-state index contributed by atoms with van der Waals surface area (Å²) >= 11 is 0. The van der Waals surface area contributed by atoms with Gasteiger partial charge >= 0.3 is 0 Å². The average Bonchev–Trinajstić information content (AvgIpc) is 2.75. The van der Waals surface area contributed by atoms with Gasteiger partial charge in [0, 0.05) is 19.2 Å². The number of nitro benzene ring substituents is 1. The van der Waals surface area contributed by atoms with Gasteiger partial charge < -0.3 is 0 Å². The van der Waals surface area contributed by atoms with Crippen molar-refractivity contribution in [2.75, 3.05) is 5.32 Å². The highest BCUT2D eigenvalue weighted by molar-refractivity contribution is 5.90. The number of hydrogen-bond donors (Lipinski definition) is 1. The zero-order valence-corrected chi connectivity index (χ0v) is 10.1. The topological polar surface area (TPSA) is 103 Å². The van der Waals surface area contributed by atoms with Crippen molar-refractivity contribution in [3.63, 3.8) is 0 Å². The first kappa shape index (κ1) is 12.7. The number of nitro groups is 1. The number of nitrogens with one attached hydrogen (secondary N) is 1. The molecule has 8 heteroatoms. The molecule has 0 fully saturated rings. The van der Waals surface area contributed by atoms with Gasteiger partial charge in [0.2, 0.25) is 11.9 Å². The van der Waals surface area contributed by atoms with Crippen LogP contribution >= 0.6 is 0 Å². The molecule has 0 radical (unpaired) electrons. The summed E-state index contributed by atoms with van der Waals surface area (Å²) in [7, 11) is 1.65. The van der Waals surface area contributed by atoms with E-state index in [1.54, 1.807) is 19.2 Å². The Morgan fingerprint density at radius 2 is 2.32 bits per heavy atom. The molecule has 0 saturated heterocycles. The third kappa shape index (κ3) is 3.12. The van der Waals surface area contributed by atoms with E-state index < -0.39 is 4.92 Å². The van der Waals surface area contributed by atoms with Crippen molar-refractivity contribution in [1.29, 1.82) is 0 Å². The van der Waals surface area contributed by atoms with E-state index in [1.807, 2.05) is 0 Å². The van der Waals surface area contributed by atoms with Crippen LogP contribution in [0.15, 0.2) is 30.6 Å². The maximum atomic E-state index is 11.8. The Balaban J connectivity index is 2.05. The second kappa shape index (κ2) is 5.25. The van der Waals surface area contributed by atoms with Gasteiger partial charge in [-0.2, -0.15) is 10.1 Å². The first-order valence-electron chi connectivity index (χ1n) is 5.43. The molecule has 2 aromatic rings. The molecule has 0 unspecified atom stereocenters. The van der Waals surface area contributed by atoms with E-state index in [-0.39, 0.29) is 18.0 Å². The molecule has 0 aliphatic rings. The van der Waals surface area contributed by atoms with Gasteiger partial charge in [-0.3, -0.25) is 20.2 Å². The maximum absolute atomic E-state index is 11.8. The van der Waals surface area contributed by atoms with E-state index in [0.717, 1.165) is 0 Å². The highest BCUT2D eigenvalue weighted by Crippen LogP contribution is 2.13. The number of aromatic nitrogens is 3. The summed E-state index contributed by atoms with van der Waals surface area (Å²) in [5, 5.41) is 17.0. The molecule has 0 aliphatic carbocycles. The number of rotatable bonds is 4. The average molecular weight is 261 g/mol. The number of benzene rings is 1. The molecule has 1 heterocycles. The van der Waals surface area contributed by atoms with Crippen LogP contribution in [0.5, 0.6) is 0 Å². The molecule has 0 bridgehead atoms. The highest BCUT2D eigenvalue weighted by atomic mass is 16.6. The van der Waals surface area contributed by atoms with Gasteiger partial charge in [0.05, 0.1) is 11.3 Å². The molecular formula is C11H11N5O3. The van der Waals surface area contributed by atoms with Gasteiger partial charge in [-0.05, 0) is 5.56 Å². The number of carbonyl (C=O) groups excluding carboxylic acids is 1. The van der Waals surface area contributed by atoms with Crippen molar-refractivity contribution in [3.05, 3.63) is 46.3 Å². The lowest BCUT2D eigenvalue weighted by Gasteiger charge is -2.03. The van der Waals surface area contributed by atoms with E-state index in [4.69, 9.17) is 0 Å². The standard InChI is InChI=1S/C11H11N5O3/c1-15-11(12-7-13-15)14-10(17)6-8-3-2-4-9(5-8)16(18)19/h2-5,7H,6H2,1H3,(H,12,13,14,17). The molecule has 0 atom stereocenters. The largest absolute Gasteiger partial charge is 0.294 e. The Kier molecular flexibility index (Phi) is 3.51. The van der Waals surface area contributed by atoms with Crippen molar-refractivity contribution in [1.82, 2.24) is 14.8 Å². The zero-order valence-electron chi connectivity index (χ0n) is 10.1. The fourth-order valence-electron chi connectivity index (χ4n) is 1.54. The van der Waals surface area contributed by atoms with Gasteiger partial charge in [0.25, 0.3) is 5.69 Å². The summed E-state index contributed by atoms with van der Waals surface area (Å²) in [5.41, 5.74) is 0.526. The van der Waals surface area contributed by atoms with E-state index >= 15 is 0 Å². The molecule has 1 aromatic heterocycles. The van der Waals surface area contributed by atoms with Crippen LogP contribution in [0.3, 0.4) is 0 Å². The van der Waals surface area contributed by atoms with Crippen molar-refractivity contribution in [3.8, 4) is 0 Å². The Morgan fingerprint density at radius 3 is 2.95 bits per heavy atom. The summed E-state index contributed by atoms with van der Waals surface area (Å²) in [6, 6.07) is 5.95. The molecule has 0 aliphatic heterocycles. The molecule has 2 rings (SSSR count). The number of non-ortho nitro benzene ring substituents is 1. The van der Waals surface area contributed by atoms with E-state index in [2.05, 4.69) is 15.4 Å². The predicted octanol–water partition coefficient (Wildman–Crippen LogP) is 0.904. The normalized spacial score (nSPS) is 10.2. The Bertz CT molecular complexity index is 622. The second-order valence-corrected chi connectivity index (χ2v) is 3.86. The smallest absolute Gasteiger partial charge is 0.269 e. The van der Waals surface area contributed by atoms with Crippen LogP contribution in [-0.2, 0) is 18.3 Å². The Morgan fingerprint density at radius 1 is 1.53 bits per heavy atom. The zero-order chi connectivity index (χ0) is 13.8. The van der Waals surface area contributed by atoms with E-state index in [0.29, 0.717) is 11.5 Å². The van der Waals surface area contributed by atoms with E-state index in [9.17, 15) is 14.9 Å². The van der Waals surface area contributed by atoms with Crippen LogP contribution < -0.4 is 5.32 Å². The van der Waals surface area contributed by atoms with Crippen molar-refractivity contribution < 1.29 is 9.72 Å². The van der Waals surface area contributed by atoms with Crippen LogP contribution in [0.2, 0.25) is 0 Å². The predicted molar refractivity (Wildman–Crippen MR) is 66.4 cm³/mol. The molecule has 1 aromatic carbocycles. The van der Waals surface area contributed by atoms with E-state index in [1.165, 1.54) is 23.1 Å². The molecule has 98 valence electrons. The molecule has 19 heavy (non-hydrogen) atoms. The van der Waals surface area contributed by atoms with Crippen LogP contribution in [0, 0.1) is 10.1 Å². The Hall–Kier alpha value is -2.77. The van der Waals surface area contributed by atoms with Crippen LogP contribution in [-0.4, -0.2) is 25.6 Å². The third-order valence-electron chi connectivity index (χ3n) is 2.45. The van der Waals surface area contributed by atoms with Gasteiger partial charge in [0.1, 0.15) is 6.33 Å². The molecule has 0 saturated carbocycles. The van der Waals surface area contributed by atoms with Crippen molar-refractivity contribution in [2.24, 2.45) is 7.05 Å². The van der Waals surface area contributed by atoms with Gasteiger partial charge in [-0.25, -0.2) is 4.68 Å². The van der Waals surface area contributed by atoms with Gasteiger partial charge in [-0.15, -0.1) is 0 Å². The maximum Gasteiger partial charge on any atom is 0.269 e. The molecule has 1 N–H and O–H groups in total. The molecule has 1 amide bonds. The lowest BCUT2D eigenvalue weighted by Crippen LogP contribution is -2.17. The first-order valence-corrected chi connectivity index (χ1v) is 5.43. The third-order valence-corrected chi connectivity index (χ3v) is 2.45. The summed E-state index contributed by atoms with van der Waals surface area (Å²) < 4.78 is 1.42. The number of hydrogen-bond acceptors (Lipinski definition) is 5.